The fourth-order valence-electron chi connectivity index (χ4n) is 3.93. The zero-order chi connectivity index (χ0) is 28.2. The third-order valence-electron chi connectivity index (χ3n) is 5.88. The Morgan fingerprint density at radius 1 is 1.11 bits per heavy atom. The molecule has 1 heterocycles. The average molecular weight is 564 g/mol. The molecular weight excluding hydrogens is 532 g/mol. The lowest BCUT2D eigenvalue weighted by Crippen LogP contribution is -2.47. The second-order valence-corrected chi connectivity index (χ2v) is 10.9. The average Bonchev–Trinajstić information content (AvgIpc) is 2.74. The number of nitrogens with zero attached hydrogens (tertiary/aromatic N) is 2. The van der Waals surface area contributed by atoms with E-state index < -0.39 is 52.6 Å². The second kappa shape index (κ2) is 12.1. The van der Waals surface area contributed by atoms with Gasteiger partial charge in [-0.1, -0.05) is 6.92 Å². The number of hydrogen-bond acceptors (Lipinski definition) is 6. The molecule has 1 aliphatic rings. The minimum absolute atomic E-state index is 0.000768. The smallest absolute Gasteiger partial charge is 0.404 e. The number of sulfonamides is 1. The molecule has 1 aliphatic heterocycles. The number of fused-ring (bicyclic) bond motifs is 1. The number of benzene rings is 1. The van der Waals surface area contributed by atoms with Gasteiger partial charge in [0.25, 0.3) is 5.91 Å². The highest BCUT2D eigenvalue weighted by Crippen LogP contribution is 2.28. The molecule has 0 aliphatic carbocycles. The van der Waals surface area contributed by atoms with Crippen molar-refractivity contribution in [3.63, 3.8) is 0 Å². The molecule has 1 N–H and O–H groups in total. The van der Waals surface area contributed by atoms with Gasteiger partial charge in [0.2, 0.25) is 10.0 Å². The van der Waals surface area contributed by atoms with E-state index in [4.69, 9.17) is 9.47 Å². The molecule has 0 fully saturated rings. The molecular formula is C22H31F6N3O5S. The number of rotatable bonds is 6. The lowest BCUT2D eigenvalue weighted by Gasteiger charge is -2.36. The van der Waals surface area contributed by atoms with Crippen LogP contribution in [-0.2, 0) is 14.8 Å². The van der Waals surface area contributed by atoms with Gasteiger partial charge < -0.3 is 14.4 Å². The second-order valence-electron chi connectivity index (χ2n) is 9.14. The summed E-state index contributed by atoms with van der Waals surface area (Å²) in [4.78, 5) is 16.1. The first-order chi connectivity index (χ1) is 16.9. The van der Waals surface area contributed by atoms with E-state index in [1.807, 2.05) is 0 Å². The normalized spacial score (nSPS) is 23.0. The first-order valence-electron chi connectivity index (χ1n) is 11.3. The van der Waals surface area contributed by atoms with Crippen LogP contribution in [0.15, 0.2) is 18.2 Å². The van der Waals surface area contributed by atoms with E-state index in [2.05, 4.69) is 0 Å². The minimum Gasteiger partial charge on any atom is -0.491 e. The molecule has 0 spiro atoms. The van der Waals surface area contributed by atoms with Crippen LogP contribution < -0.4 is 9.46 Å². The van der Waals surface area contributed by atoms with Gasteiger partial charge in [-0.05, 0) is 31.0 Å². The molecule has 1 aromatic rings. The molecule has 8 nitrogen and oxygen atoms in total. The number of likely N-dealkylation sites (N-methyl/N-ethyl adjacent to an activating group) is 1. The summed E-state index contributed by atoms with van der Waals surface area (Å²) in [5, 5.41) is 0. The summed E-state index contributed by atoms with van der Waals surface area (Å²) in [7, 11) is -1.94. The first-order valence-corrected chi connectivity index (χ1v) is 13.0. The summed E-state index contributed by atoms with van der Waals surface area (Å²) in [5.74, 6) is -3.00. The van der Waals surface area contributed by atoms with E-state index in [0.29, 0.717) is 0 Å². The highest BCUT2D eigenvalue weighted by Gasteiger charge is 2.36. The van der Waals surface area contributed by atoms with Crippen molar-refractivity contribution in [2.75, 3.05) is 50.9 Å². The largest absolute Gasteiger partial charge is 0.491 e. The van der Waals surface area contributed by atoms with Gasteiger partial charge in [-0.15, -0.1) is 0 Å². The summed E-state index contributed by atoms with van der Waals surface area (Å²) in [5.41, 5.74) is -0.413. The molecule has 3 atom stereocenters. The zero-order valence-electron chi connectivity index (χ0n) is 20.8. The molecule has 0 bridgehead atoms. The van der Waals surface area contributed by atoms with Gasteiger partial charge in [0.1, 0.15) is 12.4 Å². The molecule has 0 aromatic heterocycles. The molecule has 0 saturated heterocycles. The van der Waals surface area contributed by atoms with Crippen molar-refractivity contribution in [3.05, 3.63) is 23.8 Å². The highest BCUT2D eigenvalue weighted by molar-refractivity contribution is 7.92. The lowest BCUT2D eigenvalue weighted by molar-refractivity contribution is -0.140. The Morgan fingerprint density at radius 3 is 2.32 bits per heavy atom. The summed E-state index contributed by atoms with van der Waals surface area (Å²) < 4.78 is 113. The standard InChI is InChI=1S/C22H31F6N3O5S/c1-14-10-31(8-7-21(23,24)25)15(2)12-36-18-6-5-16(29-37(33,34)13-22(26,27)28)9-17(18)20(32)30(3)11-19(14)35-4/h5-6,9,14-15,19,29H,7-8,10-13H2,1-4H3/t14-,15-,19+/m0/s1. The monoisotopic (exact) mass is 563 g/mol. The van der Waals surface area contributed by atoms with E-state index in [0.717, 1.165) is 12.1 Å². The number of methoxy groups -OCH3 is 1. The number of carbonyl (C=O) groups excluding carboxylic acids is 1. The number of anilines is 1. The van der Waals surface area contributed by atoms with Crippen molar-refractivity contribution in [3.8, 4) is 5.75 Å². The molecule has 2 rings (SSSR count). The van der Waals surface area contributed by atoms with E-state index in [9.17, 15) is 39.6 Å². The maximum atomic E-state index is 13.2. The summed E-state index contributed by atoms with van der Waals surface area (Å²) in [6, 6.07) is 2.91. The third-order valence-corrected chi connectivity index (χ3v) is 7.14. The quantitative estimate of drug-likeness (QED) is 0.531. The van der Waals surface area contributed by atoms with E-state index in [1.165, 1.54) is 25.1 Å². The van der Waals surface area contributed by atoms with Crippen molar-refractivity contribution in [2.45, 2.75) is 44.8 Å². The van der Waals surface area contributed by atoms with Crippen molar-refractivity contribution < 1.29 is 49.0 Å². The number of halogens is 6. The number of carbonyl (C=O) groups is 1. The maximum Gasteiger partial charge on any atom is 0.404 e. The van der Waals surface area contributed by atoms with Crippen LogP contribution >= 0.6 is 0 Å². The molecule has 212 valence electrons. The fraction of sp³-hybridized carbons (Fsp3) is 0.682. The Bertz CT molecular complexity index is 1030. The van der Waals surface area contributed by atoms with Crippen LogP contribution in [0.3, 0.4) is 0 Å². The Morgan fingerprint density at radius 2 is 1.76 bits per heavy atom. The van der Waals surface area contributed by atoms with Crippen LogP contribution in [-0.4, -0.2) is 94.8 Å². The predicted octanol–water partition coefficient (Wildman–Crippen LogP) is 3.75. The molecule has 0 unspecified atom stereocenters. The number of hydrogen-bond donors (Lipinski definition) is 1. The fourth-order valence-corrected chi connectivity index (χ4v) is 4.92. The van der Waals surface area contributed by atoms with Gasteiger partial charge in [0, 0.05) is 45.5 Å². The topological polar surface area (TPSA) is 88.2 Å². The van der Waals surface area contributed by atoms with Crippen molar-refractivity contribution >= 4 is 21.6 Å². The highest BCUT2D eigenvalue weighted by atomic mass is 32.2. The number of ether oxygens (including phenoxy) is 2. The van der Waals surface area contributed by atoms with Gasteiger partial charge in [-0.2, -0.15) is 26.3 Å². The van der Waals surface area contributed by atoms with Crippen molar-refractivity contribution in [1.29, 1.82) is 0 Å². The summed E-state index contributed by atoms with van der Waals surface area (Å²) in [6.45, 7) is 3.36. The van der Waals surface area contributed by atoms with E-state index in [-0.39, 0.29) is 49.2 Å². The van der Waals surface area contributed by atoms with Crippen LogP contribution in [0.4, 0.5) is 32.0 Å². The van der Waals surface area contributed by atoms with E-state index in [1.54, 1.807) is 23.5 Å². The number of nitrogens with one attached hydrogen (secondary N) is 1. The van der Waals surface area contributed by atoms with Gasteiger partial charge in [-0.3, -0.25) is 14.4 Å². The van der Waals surface area contributed by atoms with Crippen LogP contribution in [0.1, 0.15) is 30.6 Å². The van der Waals surface area contributed by atoms with Gasteiger partial charge >= 0.3 is 12.4 Å². The Labute approximate surface area is 211 Å². The molecule has 0 radical (unpaired) electrons. The lowest BCUT2D eigenvalue weighted by atomic mass is 10.0. The minimum atomic E-state index is -4.97. The zero-order valence-corrected chi connectivity index (χ0v) is 21.6. The number of amides is 1. The van der Waals surface area contributed by atoms with Gasteiger partial charge in [0.15, 0.2) is 5.75 Å². The Kier molecular flexibility index (Phi) is 10.1. The molecule has 37 heavy (non-hydrogen) atoms. The molecule has 1 aromatic carbocycles. The molecule has 0 saturated carbocycles. The predicted molar refractivity (Wildman–Crippen MR) is 124 cm³/mol. The summed E-state index contributed by atoms with van der Waals surface area (Å²) in [6.07, 6.45) is -10.9. The first kappa shape index (κ1) is 31.0. The van der Waals surface area contributed by atoms with Crippen molar-refractivity contribution in [2.24, 2.45) is 5.92 Å². The van der Waals surface area contributed by atoms with Crippen LogP contribution in [0, 0.1) is 5.92 Å². The Balaban J connectivity index is 2.42. The molecule has 15 heteroatoms. The molecule has 1 amide bonds. The number of alkyl halides is 6. The van der Waals surface area contributed by atoms with Gasteiger partial charge in [0.05, 0.1) is 18.1 Å². The Hall–Kier alpha value is -2.26. The maximum absolute atomic E-state index is 13.2. The third kappa shape index (κ3) is 9.85. The SMILES string of the molecule is CO[C@@H]1CN(C)C(=O)c2cc(NS(=O)(=O)CC(F)(F)F)ccc2OC[C@H](C)N(CCC(F)(F)F)C[C@@H]1C. The van der Waals surface area contributed by atoms with Gasteiger partial charge in [-0.25, -0.2) is 8.42 Å². The summed E-state index contributed by atoms with van der Waals surface area (Å²) >= 11 is 0. The van der Waals surface area contributed by atoms with Crippen LogP contribution in [0.5, 0.6) is 5.75 Å². The van der Waals surface area contributed by atoms with Crippen molar-refractivity contribution in [1.82, 2.24) is 9.80 Å². The van der Waals surface area contributed by atoms with Crippen LogP contribution in [0.25, 0.3) is 0 Å². The van der Waals surface area contributed by atoms with Crippen LogP contribution in [0.2, 0.25) is 0 Å². The van der Waals surface area contributed by atoms with E-state index >= 15 is 0 Å².